The number of carbonyl (C=O) groups is 1. The van der Waals surface area contributed by atoms with Crippen molar-refractivity contribution in [3.8, 4) is 0 Å². The van der Waals surface area contributed by atoms with Gasteiger partial charge in [0.1, 0.15) is 0 Å². The van der Waals surface area contributed by atoms with Crippen LogP contribution in [-0.2, 0) is 115 Å². The molecule has 0 bridgehead atoms. The largest absolute Gasteiger partial charge is 0.476 e. The first kappa shape index (κ1) is 28.4. The second-order valence-corrected chi connectivity index (χ2v) is 4.20. The van der Waals surface area contributed by atoms with Crippen molar-refractivity contribution in [3.63, 3.8) is 0 Å². The SMILES string of the molecule is O=C(O)C(F)(F)S(=O)(=O)OOOOOOOOOOOOOOOOOOOOO. The Kier molecular flexibility index (Phi) is 16.3. The van der Waals surface area contributed by atoms with Crippen molar-refractivity contribution >= 4 is 16.1 Å². The minimum absolute atomic E-state index is 2.85. The molecule has 0 heterocycles. The molecule has 0 aromatic rings. The minimum Gasteiger partial charge on any atom is -0.476 e. The Morgan fingerprint density at radius 2 is 0.867 bits per heavy atom. The molecule has 0 saturated carbocycles. The van der Waals surface area contributed by atoms with Crippen molar-refractivity contribution in [2.75, 3.05) is 0 Å². The van der Waals surface area contributed by atoms with Crippen LogP contribution < -0.4 is 0 Å². The topological polar surface area (TPSA) is 276 Å². The van der Waals surface area contributed by atoms with Crippen LogP contribution in [0.15, 0.2) is 0 Å². The molecule has 0 unspecified atom stereocenters. The molecule has 30 heavy (non-hydrogen) atoms. The third-order valence-corrected chi connectivity index (χ3v) is 2.22. The Balaban J connectivity index is 3.35. The molecule has 0 fully saturated rings. The zero-order chi connectivity index (χ0) is 22.7. The summed E-state index contributed by atoms with van der Waals surface area (Å²) in [5.74, 6) is -3.09. The summed E-state index contributed by atoms with van der Waals surface area (Å²) in [4.78, 5) is 9.97. The number of alkyl halides is 2. The number of halogens is 2. The van der Waals surface area contributed by atoms with Crippen molar-refractivity contribution in [1.29, 1.82) is 0 Å². The number of hydrogen-bond acceptors (Lipinski definition) is 24. The first-order valence-corrected chi connectivity index (χ1v) is 6.52. The van der Waals surface area contributed by atoms with Gasteiger partial charge in [0.2, 0.25) is 0 Å². The molecule has 0 atom stereocenters. The molecule has 0 aliphatic carbocycles. The molecule has 0 aliphatic heterocycles. The summed E-state index contributed by atoms with van der Waals surface area (Å²) in [6.07, 6.45) is 0. The molecular formula is C2H2F2O25S. The maximum absolute atomic E-state index is 12.6. The Morgan fingerprint density at radius 1 is 0.600 bits per heavy atom. The molecule has 28 heteroatoms. The van der Waals surface area contributed by atoms with Gasteiger partial charge in [0.05, 0.1) is 0 Å². The van der Waals surface area contributed by atoms with Crippen molar-refractivity contribution in [2.24, 2.45) is 0 Å². The minimum atomic E-state index is -6.12. The molecule has 0 amide bonds. The van der Waals surface area contributed by atoms with Gasteiger partial charge in [-0.2, -0.15) is 17.2 Å². The lowest BCUT2D eigenvalue weighted by Gasteiger charge is -2.08. The van der Waals surface area contributed by atoms with Gasteiger partial charge in [-0.3, -0.25) is 0 Å². The molecule has 0 aromatic heterocycles. The van der Waals surface area contributed by atoms with E-state index in [1.807, 2.05) is 0 Å². The molecule has 180 valence electrons. The Labute approximate surface area is 155 Å². The summed E-state index contributed by atoms with van der Waals surface area (Å²) in [5.41, 5.74) is 0. The third-order valence-electron chi connectivity index (χ3n) is 1.18. The summed E-state index contributed by atoms with van der Waals surface area (Å²) >= 11 is 0. The summed E-state index contributed by atoms with van der Waals surface area (Å²) in [6, 6.07) is 0. The zero-order valence-corrected chi connectivity index (χ0v) is 13.3. The average Bonchev–Trinajstić information content (AvgIpc) is 2.69. The van der Waals surface area contributed by atoms with Gasteiger partial charge in [0, 0.05) is 15.1 Å². The van der Waals surface area contributed by atoms with E-state index in [-0.39, 0.29) is 0 Å². The Hall–Kier alpha value is -1.56. The second kappa shape index (κ2) is 17.2. The van der Waals surface area contributed by atoms with Crippen LogP contribution in [0.1, 0.15) is 0 Å². The third kappa shape index (κ3) is 13.6. The monoisotopic (exact) mass is 496 g/mol. The van der Waals surface area contributed by atoms with Crippen LogP contribution in [0.25, 0.3) is 0 Å². The molecule has 0 rings (SSSR count). The molecule has 0 aromatic carbocycles. The predicted octanol–water partition coefficient (Wildman–Crippen LogP) is -1.82. The highest BCUT2D eigenvalue weighted by Crippen LogP contribution is 2.23. The highest BCUT2D eigenvalue weighted by atomic mass is 32.2. The Morgan fingerprint density at radius 3 is 1.13 bits per heavy atom. The molecule has 25 nitrogen and oxygen atoms in total. The van der Waals surface area contributed by atoms with E-state index in [1.165, 1.54) is 0 Å². The van der Waals surface area contributed by atoms with Gasteiger partial charge in [0.15, 0.2) is 0 Å². The fraction of sp³-hybridized carbons (Fsp3) is 0.500. The smallest absolute Gasteiger partial charge is 0.468 e. The highest BCUT2D eigenvalue weighted by Gasteiger charge is 2.56. The first-order chi connectivity index (χ1) is 14.3. The molecule has 0 aliphatic rings. The van der Waals surface area contributed by atoms with Crippen molar-refractivity contribution in [1.82, 2.24) is 0 Å². The summed E-state index contributed by atoms with van der Waals surface area (Å²) in [5, 5.41) is 72.7. The maximum Gasteiger partial charge on any atom is 0.468 e. The van der Waals surface area contributed by atoms with E-state index in [4.69, 9.17) is 10.4 Å². The standard InChI is InChI=1S/C2H2F2O25S/c3-2(4,1(5)6)30(8,9)29-28-27-26-25-24-23-22-21-20-19-18-17-16-15-14-13-12-11-10-7/h7H,(H,5,6). The second-order valence-electron chi connectivity index (χ2n) is 2.64. The highest BCUT2D eigenvalue weighted by molar-refractivity contribution is 7.88. The van der Waals surface area contributed by atoms with E-state index in [0.717, 1.165) is 0 Å². The maximum atomic E-state index is 12.6. The van der Waals surface area contributed by atoms with E-state index in [0.29, 0.717) is 0 Å². The number of carboxylic acids is 1. The zero-order valence-electron chi connectivity index (χ0n) is 12.4. The summed E-state index contributed by atoms with van der Waals surface area (Å²) < 4.78 is 49.4. The predicted molar refractivity (Wildman–Crippen MR) is 45.8 cm³/mol. The van der Waals surface area contributed by atoms with Crippen molar-refractivity contribution in [2.45, 2.75) is 5.25 Å². The molecular weight excluding hydrogens is 494 g/mol. The van der Waals surface area contributed by atoms with Crippen LogP contribution in [0.4, 0.5) is 8.78 Å². The van der Waals surface area contributed by atoms with Gasteiger partial charge in [-0.05, 0) is 80.6 Å². The number of carboxylic acid groups (broad SMARTS) is 1. The van der Waals surface area contributed by atoms with Crippen LogP contribution >= 0.6 is 0 Å². The van der Waals surface area contributed by atoms with Gasteiger partial charge in [-0.15, -0.1) is 0 Å². The fourth-order valence-electron chi connectivity index (χ4n) is 0.391. The van der Waals surface area contributed by atoms with Crippen molar-refractivity contribution in [3.05, 3.63) is 0 Å². The summed E-state index contributed by atoms with van der Waals surface area (Å²) in [6.45, 7) is 0. The van der Waals surface area contributed by atoms with E-state index in [2.05, 4.69) is 100 Å². The molecule has 0 spiro atoms. The number of hydrogen-bond donors (Lipinski definition) is 2. The van der Waals surface area contributed by atoms with E-state index in [9.17, 15) is 22.0 Å². The van der Waals surface area contributed by atoms with Crippen LogP contribution in [0.5, 0.6) is 0 Å². The molecule has 0 radical (unpaired) electrons. The molecule has 0 saturated heterocycles. The Bertz CT molecular complexity index is 515. The van der Waals surface area contributed by atoms with Gasteiger partial charge in [-0.25, -0.2) is 10.1 Å². The van der Waals surface area contributed by atoms with Crippen LogP contribution in [0, 0.1) is 0 Å². The van der Waals surface area contributed by atoms with E-state index in [1.54, 1.807) is 0 Å². The van der Waals surface area contributed by atoms with E-state index < -0.39 is 21.3 Å². The van der Waals surface area contributed by atoms with Gasteiger partial charge in [-0.1, -0.05) is 4.33 Å². The van der Waals surface area contributed by atoms with Gasteiger partial charge >= 0.3 is 21.3 Å². The lowest BCUT2D eigenvalue weighted by Crippen LogP contribution is -2.38. The normalized spacial score (nSPS) is 12.4. The van der Waals surface area contributed by atoms with Crippen LogP contribution in [-0.4, -0.2) is 30.0 Å². The number of aliphatic carboxylic acids is 1. The average molecular weight is 496 g/mol. The van der Waals surface area contributed by atoms with Crippen LogP contribution in [0.3, 0.4) is 0 Å². The van der Waals surface area contributed by atoms with E-state index >= 15 is 0 Å². The van der Waals surface area contributed by atoms with Crippen LogP contribution in [0.2, 0.25) is 0 Å². The molecule has 2 N–H and O–H groups in total. The lowest BCUT2D eigenvalue weighted by molar-refractivity contribution is -0.895. The number of rotatable bonds is 22. The van der Waals surface area contributed by atoms with Gasteiger partial charge in [0.25, 0.3) is 0 Å². The first-order valence-electron chi connectivity index (χ1n) is 5.11. The lowest BCUT2D eigenvalue weighted by atomic mass is 10.7. The summed E-state index contributed by atoms with van der Waals surface area (Å²) in [7, 11) is -6.12. The van der Waals surface area contributed by atoms with Gasteiger partial charge < -0.3 is 5.11 Å². The fourth-order valence-corrected chi connectivity index (χ4v) is 0.787. The van der Waals surface area contributed by atoms with Crippen molar-refractivity contribution < 1.29 is 132 Å². The quantitative estimate of drug-likeness (QED) is 0.0948.